The molecule has 0 aliphatic carbocycles. The van der Waals surface area contributed by atoms with E-state index in [4.69, 9.17) is 5.73 Å². The Hall–Kier alpha value is -3.96. The van der Waals surface area contributed by atoms with Crippen molar-refractivity contribution in [2.24, 2.45) is 10.7 Å². The Morgan fingerprint density at radius 3 is 2.03 bits per heavy atom. The molecule has 5 rings (SSSR count). The second-order valence-corrected chi connectivity index (χ2v) is 7.21. The van der Waals surface area contributed by atoms with Crippen molar-refractivity contribution in [3.05, 3.63) is 101 Å². The quantitative estimate of drug-likeness (QED) is 0.477. The average molecular weight is 393 g/mol. The number of nitrogens with one attached hydrogen (secondary N) is 1. The van der Waals surface area contributed by atoms with Crippen LogP contribution in [-0.2, 0) is 6.54 Å². The van der Waals surface area contributed by atoms with E-state index < -0.39 is 0 Å². The third-order valence-electron chi connectivity index (χ3n) is 5.39. The molecule has 4 aromatic rings. The molecule has 2 heterocycles. The van der Waals surface area contributed by atoms with Crippen LogP contribution < -0.4 is 5.73 Å². The van der Waals surface area contributed by atoms with Crippen molar-refractivity contribution in [3.8, 4) is 28.3 Å². The third-order valence-corrected chi connectivity index (χ3v) is 5.39. The van der Waals surface area contributed by atoms with Gasteiger partial charge in [0.25, 0.3) is 5.91 Å². The molecule has 0 atom stereocenters. The Balaban J connectivity index is 1.54. The standard InChI is InChI=1S/C25H19N3O2/c26-14-15-6-8-18(9-7-15)22-20-21(25(30)27-22)23(28-24(20)29)19-12-10-17(11-13-19)16-4-2-1-3-5-16/h1-13,28-29H,14,26H2. The van der Waals surface area contributed by atoms with Crippen LogP contribution in [-0.4, -0.2) is 21.7 Å². The molecule has 1 aliphatic rings. The van der Waals surface area contributed by atoms with Gasteiger partial charge in [-0.2, -0.15) is 0 Å². The minimum atomic E-state index is -0.360. The van der Waals surface area contributed by atoms with Crippen molar-refractivity contribution in [1.82, 2.24) is 4.98 Å². The topological polar surface area (TPSA) is 91.5 Å². The summed E-state index contributed by atoms with van der Waals surface area (Å²) in [6.07, 6.45) is 0. The Morgan fingerprint density at radius 2 is 1.37 bits per heavy atom. The second kappa shape index (κ2) is 7.13. The predicted molar refractivity (Wildman–Crippen MR) is 118 cm³/mol. The van der Waals surface area contributed by atoms with Crippen molar-refractivity contribution < 1.29 is 9.90 Å². The van der Waals surface area contributed by atoms with Crippen LogP contribution in [0.3, 0.4) is 0 Å². The van der Waals surface area contributed by atoms with Crippen LogP contribution in [0.2, 0.25) is 0 Å². The zero-order valence-electron chi connectivity index (χ0n) is 16.1. The molecular formula is C25H19N3O2. The fraction of sp³-hybridized carbons (Fsp3) is 0.0400. The first-order chi connectivity index (χ1) is 14.7. The molecule has 30 heavy (non-hydrogen) atoms. The Labute approximate surface area is 173 Å². The summed E-state index contributed by atoms with van der Waals surface area (Å²) in [6, 6.07) is 25.5. The van der Waals surface area contributed by atoms with Gasteiger partial charge in [0.2, 0.25) is 0 Å². The number of aromatic amines is 1. The second-order valence-electron chi connectivity index (χ2n) is 7.21. The molecular weight excluding hydrogens is 374 g/mol. The van der Waals surface area contributed by atoms with Crippen molar-refractivity contribution in [1.29, 1.82) is 0 Å². The van der Waals surface area contributed by atoms with E-state index in [1.54, 1.807) is 0 Å². The normalized spacial score (nSPS) is 12.7. The van der Waals surface area contributed by atoms with Gasteiger partial charge in [-0.1, -0.05) is 78.9 Å². The monoisotopic (exact) mass is 393 g/mol. The van der Waals surface area contributed by atoms with Gasteiger partial charge in [0.05, 0.1) is 22.5 Å². The van der Waals surface area contributed by atoms with Gasteiger partial charge in [-0.05, 0) is 22.3 Å². The number of carbonyl (C=O) groups is 1. The number of aromatic hydroxyl groups is 1. The third kappa shape index (κ3) is 2.93. The number of nitrogens with zero attached hydrogens (tertiary/aromatic N) is 1. The maximum atomic E-state index is 12.7. The molecule has 0 radical (unpaired) electrons. The summed E-state index contributed by atoms with van der Waals surface area (Å²) in [5.41, 5.74) is 12.3. The number of amides is 1. The molecule has 3 aromatic carbocycles. The molecule has 0 saturated heterocycles. The van der Waals surface area contributed by atoms with E-state index in [9.17, 15) is 9.90 Å². The van der Waals surface area contributed by atoms with E-state index in [-0.39, 0.29) is 11.8 Å². The van der Waals surface area contributed by atoms with Crippen LogP contribution in [0.15, 0.2) is 83.9 Å². The number of rotatable bonds is 4. The van der Waals surface area contributed by atoms with Gasteiger partial charge in [0, 0.05) is 12.1 Å². The van der Waals surface area contributed by atoms with E-state index in [1.807, 2.05) is 78.9 Å². The zero-order valence-corrected chi connectivity index (χ0v) is 16.1. The molecule has 146 valence electrons. The van der Waals surface area contributed by atoms with E-state index in [0.717, 1.165) is 27.8 Å². The van der Waals surface area contributed by atoms with Gasteiger partial charge in [0.1, 0.15) is 0 Å². The Morgan fingerprint density at radius 1 is 0.767 bits per heavy atom. The highest BCUT2D eigenvalue weighted by molar-refractivity contribution is 6.30. The molecule has 0 bridgehead atoms. The van der Waals surface area contributed by atoms with Crippen LogP contribution in [0.5, 0.6) is 5.88 Å². The van der Waals surface area contributed by atoms with E-state index >= 15 is 0 Å². The van der Waals surface area contributed by atoms with Crippen molar-refractivity contribution >= 4 is 11.6 Å². The van der Waals surface area contributed by atoms with Crippen LogP contribution >= 0.6 is 0 Å². The molecule has 5 nitrogen and oxygen atoms in total. The number of H-pyrrole nitrogens is 1. The molecule has 4 N–H and O–H groups in total. The summed E-state index contributed by atoms with van der Waals surface area (Å²) in [6.45, 7) is 0.440. The first kappa shape index (κ1) is 18.1. The minimum Gasteiger partial charge on any atom is -0.494 e. The van der Waals surface area contributed by atoms with Crippen LogP contribution in [0, 0.1) is 0 Å². The number of hydrogen-bond donors (Lipinski definition) is 3. The largest absolute Gasteiger partial charge is 0.494 e. The van der Waals surface area contributed by atoms with Gasteiger partial charge >= 0.3 is 0 Å². The van der Waals surface area contributed by atoms with Crippen LogP contribution in [0.25, 0.3) is 22.4 Å². The molecule has 1 aliphatic heterocycles. The number of benzene rings is 3. The lowest BCUT2D eigenvalue weighted by Gasteiger charge is -2.04. The lowest BCUT2D eigenvalue weighted by Crippen LogP contribution is -2.01. The van der Waals surface area contributed by atoms with Crippen molar-refractivity contribution in [2.45, 2.75) is 6.54 Å². The van der Waals surface area contributed by atoms with Gasteiger partial charge in [0.15, 0.2) is 5.88 Å². The SMILES string of the molecule is NCc1ccc(C2=NC(=O)c3c(-c4ccc(-c5ccccc5)cc4)[nH]c(O)c32)cc1. The summed E-state index contributed by atoms with van der Waals surface area (Å²) < 4.78 is 0. The molecule has 5 heteroatoms. The van der Waals surface area contributed by atoms with E-state index in [0.29, 0.717) is 29.1 Å². The average Bonchev–Trinajstić information content (AvgIpc) is 3.33. The number of carbonyl (C=O) groups excluding carboxylic acids is 1. The van der Waals surface area contributed by atoms with Gasteiger partial charge < -0.3 is 15.8 Å². The summed E-state index contributed by atoms with van der Waals surface area (Å²) in [4.78, 5) is 19.9. The minimum absolute atomic E-state index is 0.0559. The van der Waals surface area contributed by atoms with Gasteiger partial charge in [-0.15, -0.1) is 0 Å². The zero-order chi connectivity index (χ0) is 20.7. The van der Waals surface area contributed by atoms with Gasteiger partial charge in [-0.25, -0.2) is 4.99 Å². The number of hydrogen-bond acceptors (Lipinski definition) is 3. The molecule has 0 spiro atoms. The summed E-state index contributed by atoms with van der Waals surface area (Å²) in [7, 11) is 0. The van der Waals surface area contributed by atoms with E-state index in [2.05, 4.69) is 9.98 Å². The number of fused-ring (bicyclic) bond motifs is 1. The number of aromatic nitrogens is 1. The summed E-state index contributed by atoms with van der Waals surface area (Å²) >= 11 is 0. The highest BCUT2D eigenvalue weighted by Crippen LogP contribution is 2.38. The molecule has 1 aromatic heterocycles. The Bertz CT molecular complexity index is 1270. The molecule has 0 saturated carbocycles. The van der Waals surface area contributed by atoms with Crippen LogP contribution in [0.4, 0.5) is 0 Å². The fourth-order valence-corrected chi connectivity index (χ4v) is 3.83. The smallest absolute Gasteiger partial charge is 0.280 e. The maximum Gasteiger partial charge on any atom is 0.280 e. The number of aliphatic imine (C=N–C) groups is 1. The number of nitrogens with two attached hydrogens (primary N) is 1. The molecule has 0 unspecified atom stereocenters. The molecule has 0 fully saturated rings. The fourth-order valence-electron chi connectivity index (χ4n) is 3.83. The lowest BCUT2D eigenvalue weighted by molar-refractivity contribution is 0.101. The van der Waals surface area contributed by atoms with Crippen LogP contribution in [0.1, 0.15) is 27.0 Å². The van der Waals surface area contributed by atoms with Crippen molar-refractivity contribution in [2.75, 3.05) is 0 Å². The predicted octanol–water partition coefficient (Wildman–Crippen LogP) is 4.50. The summed E-state index contributed by atoms with van der Waals surface area (Å²) in [5, 5.41) is 10.6. The maximum absolute atomic E-state index is 12.7. The van der Waals surface area contributed by atoms with Gasteiger partial charge in [-0.3, -0.25) is 4.79 Å². The highest BCUT2D eigenvalue weighted by atomic mass is 16.3. The summed E-state index contributed by atoms with van der Waals surface area (Å²) in [5.74, 6) is -0.416. The first-order valence-electron chi connectivity index (χ1n) is 9.69. The first-order valence-corrected chi connectivity index (χ1v) is 9.69. The highest BCUT2D eigenvalue weighted by Gasteiger charge is 2.33. The van der Waals surface area contributed by atoms with E-state index in [1.165, 1.54) is 0 Å². The lowest BCUT2D eigenvalue weighted by atomic mass is 9.98. The van der Waals surface area contributed by atoms with Crippen molar-refractivity contribution in [3.63, 3.8) is 0 Å². The Kier molecular flexibility index (Phi) is 4.30. The molecule has 1 amide bonds.